The molecule has 170 valence electrons. The maximum Gasteiger partial charge on any atom is 0.203 e. The van der Waals surface area contributed by atoms with Gasteiger partial charge in [-0.2, -0.15) is 5.10 Å². The normalized spacial score (nSPS) is 11.6. The van der Waals surface area contributed by atoms with Gasteiger partial charge in [0.05, 0.1) is 29.3 Å². The van der Waals surface area contributed by atoms with Crippen molar-refractivity contribution in [3.63, 3.8) is 0 Å². The first kappa shape index (κ1) is 21.7. The summed E-state index contributed by atoms with van der Waals surface area (Å²) in [6.07, 6.45) is 3.68. The standard InChI is InChI=1S/C28H20BrN5S/c29-21-10-6-9-20(13-21)25-18-35-28(32-25)33-31-15-22-14-24-23-11-4-5-12-26(23)34(27(24)16-30-22)17-19-7-2-1-3-8-19/h1-16,18H,17H2,(H,32,33)/b31-15+. The second kappa shape index (κ2) is 9.44. The topological polar surface area (TPSA) is 55.1 Å². The van der Waals surface area contributed by atoms with Gasteiger partial charge >= 0.3 is 0 Å². The monoisotopic (exact) mass is 537 g/mol. The molecule has 0 radical (unpaired) electrons. The molecule has 6 rings (SSSR count). The Hall–Kier alpha value is -3.81. The molecule has 0 saturated heterocycles. The highest BCUT2D eigenvalue weighted by molar-refractivity contribution is 9.10. The Morgan fingerprint density at radius 3 is 2.66 bits per heavy atom. The van der Waals surface area contributed by atoms with Crippen LogP contribution >= 0.6 is 27.3 Å². The minimum absolute atomic E-state index is 0.733. The van der Waals surface area contributed by atoms with Crippen LogP contribution < -0.4 is 5.43 Å². The number of nitrogens with zero attached hydrogens (tertiary/aromatic N) is 4. The van der Waals surface area contributed by atoms with Gasteiger partial charge in [-0.15, -0.1) is 11.3 Å². The molecular formula is C28H20BrN5S. The zero-order valence-corrected chi connectivity index (χ0v) is 21.0. The zero-order chi connectivity index (χ0) is 23.6. The van der Waals surface area contributed by atoms with Crippen LogP contribution in [-0.4, -0.2) is 20.7 Å². The number of anilines is 1. The maximum absolute atomic E-state index is 4.67. The number of thiazole rings is 1. The molecule has 35 heavy (non-hydrogen) atoms. The van der Waals surface area contributed by atoms with E-state index in [1.165, 1.54) is 33.2 Å². The molecule has 0 aliphatic heterocycles. The first-order valence-electron chi connectivity index (χ1n) is 11.2. The zero-order valence-electron chi connectivity index (χ0n) is 18.6. The quantitative estimate of drug-likeness (QED) is 0.176. The molecule has 1 N–H and O–H groups in total. The SMILES string of the molecule is Brc1cccc(-c2csc(N/N=C/c3cc4c5ccccc5n(Cc5ccccc5)c4cn3)n2)c1. The van der Waals surface area contributed by atoms with Gasteiger partial charge in [0, 0.05) is 38.3 Å². The van der Waals surface area contributed by atoms with Crippen molar-refractivity contribution in [2.75, 3.05) is 5.43 Å². The number of pyridine rings is 1. The molecule has 0 saturated carbocycles. The number of hydrogen-bond donors (Lipinski definition) is 1. The van der Waals surface area contributed by atoms with E-state index in [1.54, 1.807) is 6.21 Å². The van der Waals surface area contributed by atoms with Gasteiger partial charge in [-0.05, 0) is 29.8 Å². The molecule has 5 nitrogen and oxygen atoms in total. The smallest absolute Gasteiger partial charge is 0.203 e. The van der Waals surface area contributed by atoms with Crippen molar-refractivity contribution < 1.29 is 0 Å². The van der Waals surface area contributed by atoms with Gasteiger partial charge in [0.1, 0.15) is 0 Å². The van der Waals surface area contributed by atoms with Crippen molar-refractivity contribution in [2.45, 2.75) is 6.54 Å². The van der Waals surface area contributed by atoms with E-state index in [1.807, 2.05) is 35.8 Å². The first-order chi connectivity index (χ1) is 17.2. The fraction of sp³-hybridized carbons (Fsp3) is 0.0357. The van der Waals surface area contributed by atoms with Crippen molar-refractivity contribution in [1.29, 1.82) is 0 Å². The predicted molar refractivity (Wildman–Crippen MR) is 149 cm³/mol. The van der Waals surface area contributed by atoms with E-state index in [-0.39, 0.29) is 0 Å². The fourth-order valence-corrected chi connectivity index (χ4v) is 5.30. The van der Waals surface area contributed by atoms with Crippen LogP contribution in [-0.2, 0) is 6.54 Å². The lowest BCUT2D eigenvalue weighted by atomic mass is 10.2. The van der Waals surface area contributed by atoms with Crippen molar-refractivity contribution in [2.24, 2.45) is 5.10 Å². The van der Waals surface area contributed by atoms with Crippen LogP contribution in [0.5, 0.6) is 0 Å². The Kier molecular flexibility index (Phi) is 5.86. The van der Waals surface area contributed by atoms with Gasteiger partial charge in [0.25, 0.3) is 0 Å². The Balaban J connectivity index is 1.27. The van der Waals surface area contributed by atoms with Crippen LogP contribution in [0.1, 0.15) is 11.3 Å². The lowest BCUT2D eigenvalue weighted by molar-refractivity contribution is 0.867. The number of hydrogen-bond acceptors (Lipinski definition) is 5. The van der Waals surface area contributed by atoms with Gasteiger partial charge in [0.2, 0.25) is 5.13 Å². The molecule has 0 bridgehead atoms. The largest absolute Gasteiger partial charge is 0.335 e. The number of halogens is 1. The number of nitrogens with one attached hydrogen (secondary N) is 1. The molecule has 0 aliphatic rings. The molecule has 0 unspecified atom stereocenters. The third-order valence-electron chi connectivity index (χ3n) is 5.84. The molecule has 3 aromatic heterocycles. The highest BCUT2D eigenvalue weighted by atomic mass is 79.9. The molecular weight excluding hydrogens is 518 g/mol. The molecule has 7 heteroatoms. The summed E-state index contributed by atoms with van der Waals surface area (Å²) in [7, 11) is 0. The van der Waals surface area contributed by atoms with Gasteiger partial charge in [0.15, 0.2) is 0 Å². The summed E-state index contributed by atoms with van der Waals surface area (Å²) in [5.74, 6) is 0. The lowest BCUT2D eigenvalue weighted by Crippen LogP contribution is -2.00. The van der Waals surface area contributed by atoms with E-state index >= 15 is 0 Å². The summed E-state index contributed by atoms with van der Waals surface area (Å²) in [6.45, 7) is 0.798. The molecule has 3 aromatic carbocycles. The van der Waals surface area contributed by atoms with Crippen LogP contribution in [0.25, 0.3) is 33.1 Å². The van der Waals surface area contributed by atoms with Crippen LogP contribution in [0, 0.1) is 0 Å². The highest BCUT2D eigenvalue weighted by Gasteiger charge is 2.12. The molecule has 3 heterocycles. The molecule has 0 spiro atoms. The van der Waals surface area contributed by atoms with E-state index in [4.69, 9.17) is 0 Å². The summed E-state index contributed by atoms with van der Waals surface area (Å²) in [6, 6.07) is 29.2. The minimum atomic E-state index is 0.733. The third kappa shape index (κ3) is 4.48. The number of para-hydroxylation sites is 1. The second-order valence-corrected chi connectivity index (χ2v) is 9.91. The maximum atomic E-state index is 4.67. The summed E-state index contributed by atoms with van der Waals surface area (Å²) < 4.78 is 3.35. The van der Waals surface area contributed by atoms with Crippen LogP contribution in [0.3, 0.4) is 0 Å². The number of benzene rings is 3. The van der Waals surface area contributed by atoms with Crippen molar-refractivity contribution >= 4 is 60.4 Å². The van der Waals surface area contributed by atoms with Crippen molar-refractivity contribution in [3.8, 4) is 11.3 Å². The van der Waals surface area contributed by atoms with Crippen molar-refractivity contribution in [3.05, 3.63) is 112 Å². The molecule has 0 amide bonds. The van der Waals surface area contributed by atoms with Gasteiger partial charge in [-0.25, -0.2) is 4.98 Å². The lowest BCUT2D eigenvalue weighted by Gasteiger charge is -2.07. The minimum Gasteiger partial charge on any atom is -0.335 e. The predicted octanol–water partition coefficient (Wildman–Crippen LogP) is 7.57. The summed E-state index contributed by atoms with van der Waals surface area (Å²) in [5.41, 5.74) is 9.37. The van der Waals surface area contributed by atoms with Gasteiger partial charge in [-0.1, -0.05) is 76.6 Å². The Bertz CT molecular complexity index is 1670. The Morgan fingerprint density at radius 2 is 1.77 bits per heavy atom. The third-order valence-corrected chi connectivity index (χ3v) is 7.09. The van der Waals surface area contributed by atoms with E-state index in [0.717, 1.165) is 38.6 Å². The number of aromatic nitrogens is 3. The first-order valence-corrected chi connectivity index (χ1v) is 12.8. The summed E-state index contributed by atoms with van der Waals surface area (Å²) in [5, 5.41) is 9.52. The highest BCUT2D eigenvalue weighted by Crippen LogP contribution is 2.30. The fourth-order valence-electron chi connectivity index (χ4n) is 4.23. The van der Waals surface area contributed by atoms with Gasteiger partial charge in [-0.3, -0.25) is 10.4 Å². The number of fused-ring (bicyclic) bond motifs is 3. The summed E-state index contributed by atoms with van der Waals surface area (Å²) >= 11 is 5.03. The van der Waals surface area contributed by atoms with Gasteiger partial charge < -0.3 is 4.57 Å². The summed E-state index contributed by atoms with van der Waals surface area (Å²) in [4.78, 5) is 9.30. The molecule has 0 fully saturated rings. The van der Waals surface area contributed by atoms with E-state index in [2.05, 4.69) is 102 Å². The molecule has 0 atom stereocenters. The average Bonchev–Trinajstić information content (AvgIpc) is 3.48. The van der Waals surface area contributed by atoms with E-state index < -0.39 is 0 Å². The number of hydrazone groups is 1. The van der Waals surface area contributed by atoms with Crippen LogP contribution in [0.2, 0.25) is 0 Å². The molecule has 6 aromatic rings. The average molecular weight is 538 g/mol. The Labute approximate surface area is 214 Å². The van der Waals surface area contributed by atoms with Crippen LogP contribution in [0.15, 0.2) is 106 Å². The van der Waals surface area contributed by atoms with E-state index in [9.17, 15) is 0 Å². The van der Waals surface area contributed by atoms with E-state index in [0.29, 0.717) is 0 Å². The van der Waals surface area contributed by atoms with Crippen molar-refractivity contribution in [1.82, 2.24) is 14.5 Å². The Morgan fingerprint density at radius 1 is 0.914 bits per heavy atom. The molecule has 0 aliphatic carbocycles. The second-order valence-electron chi connectivity index (χ2n) is 8.13. The number of rotatable bonds is 6. The van der Waals surface area contributed by atoms with Crippen LogP contribution in [0.4, 0.5) is 5.13 Å².